The molecule has 2 rings (SSSR count). The number of hydrogen-bond donors (Lipinski definition) is 1. The van der Waals surface area contributed by atoms with Gasteiger partial charge >= 0.3 is 0 Å². The number of anilines is 1. The van der Waals surface area contributed by atoms with Gasteiger partial charge < -0.3 is 5.73 Å². The van der Waals surface area contributed by atoms with Gasteiger partial charge in [-0.05, 0) is 31.4 Å². The molecule has 1 aliphatic rings. The molecular formula is C12H18N2O2S. The van der Waals surface area contributed by atoms with Crippen LogP contribution in [0.3, 0.4) is 0 Å². The first-order chi connectivity index (χ1) is 8.06. The van der Waals surface area contributed by atoms with Gasteiger partial charge in [0.15, 0.2) is 0 Å². The van der Waals surface area contributed by atoms with Crippen molar-refractivity contribution in [1.29, 1.82) is 0 Å². The summed E-state index contributed by atoms with van der Waals surface area (Å²) in [5, 5.41) is 0. The molecule has 2 N–H and O–H groups in total. The van der Waals surface area contributed by atoms with Crippen molar-refractivity contribution in [3.8, 4) is 0 Å². The van der Waals surface area contributed by atoms with Crippen molar-refractivity contribution in [3.05, 3.63) is 29.8 Å². The van der Waals surface area contributed by atoms with Crippen LogP contribution in [-0.2, 0) is 16.4 Å². The molecule has 0 radical (unpaired) electrons. The second kappa shape index (κ2) is 4.66. The van der Waals surface area contributed by atoms with E-state index < -0.39 is 10.0 Å². The van der Waals surface area contributed by atoms with E-state index in [0.717, 1.165) is 24.1 Å². The van der Waals surface area contributed by atoms with Crippen molar-refractivity contribution in [1.82, 2.24) is 0 Å². The minimum Gasteiger partial charge on any atom is -0.329 e. The molecule has 1 atom stereocenters. The number of para-hydroxylation sites is 1. The molecule has 1 unspecified atom stereocenters. The SMILES string of the molecule is CC1CCc2ccccc2N1S(=O)(=O)CCN. The van der Waals surface area contributed by atoms with E-state index in [1.54, 1.807) is 4.31 Å². The summed E-state index contributed by atoms with van der Waals surface area (Å²) in [6.45, 7) is 2.11. The number of nitrogens with two attached hydrogens (primary N) is 1. The molecule has 0 aliphatic carbocycles. The van der Waals surface area contributed by atoms with Crippen LogP contribution in [0.5, 0.6) is 0 Å². The molecule has 1 heterocycles. The molecule has 0 spiro atoms. The number of rotatable bonds is 3. The molecule has 1 aliphatic heterocycles. The fourth-order valence-electron chi connectivity index (χ4n) is 2.33. The van der Waals surface area contributed by atoms with Crippen molar-refractivity contribution in [3.63, 3.8) is 0 Å². The summed E-state index contributed by atoms with van der Waals surface area (Å²) in [5.41, 5.74) is 7.30. The van der Waals surface area contributed by atoms with Crippen LogP contribution in [0.15, 0.2) is 24.3 Å². The Morgan fingerprint density at radius 1 is 1.41 bits per heavy atom. The van der Waals surface area contributed by atoms with Crippen LogP contribution in [0.4, 0.5) is 5.69 Å². The van der Waals surface area contributed by atoms with Crippen molar-refractivity contribution < 1.29 is 8.42 Å². The van der Waals surface area contributed by atoms with Gasteiger partial charge in [0.25, 0.3) is 0 Å². The highest BCUT2D eigenvalue weighted by atomic mass is 32.2. The van der Waals surface area contributed by atoms with E-state index >= 15 is 0 Å². The van der Waals surface area contributed by atoms with Crippen molar-refractivity contribution in [2.24, 2.45) is 5.73 Å². The molecule has 0 saturated carbocycles. The lowest BCUT2D eigenvalue weighted by molar-refractivity contribution is 0.563. The predicted molar refractivity (Wildman–Crippen MR) is 69.5 cm³/mol. The highest BCUT2D eigenvalue weighted by Crippen LogP contribution is 2.32. The fourth-order valence-corrected chi connectivity index (χ4v) is 3.95. The average molecular weight is 254 g/mol. The maximum atomic E-state index is 12.2. The largest absolute Gasteiger partial charge is 0.329 e. The first kappa shape index (κ1) is 12.4. The zero-order valence-electron chi connectivity index (χ0n) is 9.96. The van der Waals surface area contributed by atoms with E-state index in [0.29, 0.717) is 0 Å². The van der Waals surface area contributed by atoms with Gasteiger partial charge in [-0.2, -0.15) is 0 Å². The molecule has 1 aromatic carbocycles. The van der Waals surface area contributed by atoms with Crippen LogP contribution >= 0.6 is 0 Å². The highest BCUT2D eigenvalue weighted by Gasteiger charge is 2.31. The van der Waals surface area contributed by atoms with E-state index in [1.807, 2.05) is 31.2 Å². The third-order valence-electron chi connectivity index (χ3n) is 3.14. The lowest BCUT2D eigenvalue weighted by atomic mass is 9.99. The standard InChI is InChI=1S/C12H18N2O2S/c1-10-6-7-11-4-2-3-5-12(11)14(10)17(15,16)9-8-13/h2-5,10H,6-9,13H2,1H3. The Bertz CT molecular complexity index is 499. The van der Waals surface area contributed by atoms with Crippen LogP contribution in [0.25, 0.3) is 0 Å². The summed E-state index contributed by atoms with van der Waals surface area (Å²) in [5.74, 6) is 0.00563. The van der Waals surface area contributed by atoms with Crippen LogP contribution < -0.4 is 10.0 Å². The number of nitrogens with zero attached hydrogens (tertiary/aromatic N) is 1. The lowest BCUT2D eigenvalue weighted by Crippen LogP contribution is -2.44. The van der Waals surface area contributed by atoms with Gasteiger partial charge in [0.1, 0.15) is 0 Å². The number of fused-ring (bicyclic) bond motifs is 1. The molecule has 0 amide bonds. The van der Waals surface area contributed by atoms with Crippen LogP contribution in [0.1, 0.15) is 18.9 Å². The topological polar surface area (TPSA) is 63.4 Å². The van der Waals surface area contributed by atoms with Gasteiger partial charge in [-0.1, -0.05) is 18.2 Å². The van der Waals surface area contributed by atoms with E-state index in [1.165, 1.54) is 0 Å². The minimum atomic E-state index is -3.29. The van der Waals surface area contributed by atoms with Crippen molar-refractivity contribution in [2.45, 2.75) is 25.8 Å². The third kappa shape index (κ3) is 2.30. The maximum Gasteiger partial charge on any atom is 0.236 e. The summed E-state index contributed by atoms with van der Waals surface area (Å²) in [6.07, 6.45) is 1.80. The van der Waals surface area contributed by atoms with Crippen LogP contribution in [0, 0.1) is 0 Å². The number of hydrogen-bond acceptors (Lipinski definition) is 3. The van der Waals surface area contributed by atoms with Gasteiger partial charge in [-0.3, -0.25) is 4.31 Å². The number of aryl methyl sites for hydroxylation is 1. The van der Waals surface area contributed by atoms with Crippen molar-refractivity contribution >= 4 is 15.7 Å². The Balaban J connectivity index is 2.46. The predicted octanol–water partition coefficient (Wildman–Crippen LogP) is 1.12. The van der Waals surface area contributed by atoms with E-state index in [9.17, 15) is 8.42 Å². The van der Waals surface area contributed by atoms with E-state index in [2.05, 4.69) is 0 Å². The zero-order chi connectivity index (χ0) is 12.5. The molecule has 94 valence electrons. The Morgan fingerprint density at radius 3 is 2.82 bits per heavy atom. The van der Waals surface area contributed by atoms with Gasteiger partial charge in [-0.15, -0.1) is 0 Å². The average Bonchev–Trinajstić information content (AvgIpc) is 2.28. The molecule has 0 aromatic heterocycles. The molecule has 1 aromatic rings. The quantitative estimate of drug-likeness (QED) is 0.879. The van der Waals surface area contributed by atoms with Crippen LogP contribution in [-0.4, -0.2) is 26.8 Å². The molecule has 5 heteroatoms. The second-order valence-corrected chi connectivity index (χ2v) is 6.38. The molecule has 17 heavy (non-hydrogen) atoms. The Labute approximate surface area is 102 Å². The van der Waals surface area contributed by atoms with Gasteiger partial charge in [0, 0.05) is 12.6 Å². The normalized spacial score (nSPS) is 20.1. The van der Waals surface area contributed by atoms with Crippen LogP contribution in [0.2, 0.25) is 0 Å². The van der Waals surface area contributed by atoms with Gasteiger partial charge in [0.2, 0.25) is 10.0 Å². The highest BCUT2D eigenvalue weighted by molar-refractivity contribution is 7.92. The first-order valence-electron chi connectivity index (χ1n) is 5.86. The molecule has 0 bridgehead atoms. The first-order valence-corrected chi connectivity index (χ1v) is 7.47. The van der Waals surface area contributed by atoms with E-state index in [4.69, 9.17) is 5.73 Å². The minimum absolute atomic E-state index is 0.00563. The third-order valence-corrected chi connectivity index (χ3v) is 5.04. The summed E-state index contributed by atoms with van der Waals surface area (Å²) in [7, 11) is -3.29. The van der Waals surface area contributed by atoms with E-state index in [-0.39, 0.29) is 18.3 Å². The maximum absolute atomic E-state index is 12.2. The van der Waals surface area contributed by atoms with Crippen molar-refractivity contribution in [2.75, 3.05) is 16.6 Å². The van der Waals surface area contributed by atoms with Gasteiger partial charge in [-0.25, -0.2) is 8.42 Å². The monoisotopic (exact) mass is 254 g/mol. The number of sulfonamides is 1. The molecular weight excluding hydrogens is 236 g/mol. The van der Waals surface area contributed by atoms with Gasteiger partial charge in [0.05, 0.1) is 11.4 Å². The summed E-state index contributed by atoms with van der Waals surface area (Å²) in [6, 6.07) is 7.71. The second-order valence-electron chi connectivity index (χ2n) is 4.42. The summed E-state index contributed by atoms with van der Waals surface area (Å²) >= 11 is 0. The molecule has 0 saturated heterocycles. The Hall–Kier alpha value is -1.07. The lowest BCUT2D eigenvalue weighted by Gasteiger charge is -2.35. The zero-order valence-corrected chi connectivity index (χ0v) is 10.8. The fraction of sp³-hybridized carbons (Fsp3) is 0.500. The summed E-state index contributed by atoms with van der Waals surface area (Å²) < 4.78 is 25.9. The smallest absolute Gasteiger partial charge is 0.236 e. The Kier molecular flexibility index (Phi) is 3.40. The Morgan fingerprint density at radius 2 is 2.12 bits per heavy atom. The molecule has 0 fully saturated rings. The number of benzene rings is 1. The summed E-state index contributed by atoms with van der Waals surface area (Å²) in [4.78, 5) is 0. The molecule has 4 nitrogen and oxygen atoms in total.